The standard InChI is InChI=1S/C28H28N2O5S/c1-19(31)23-17-21(20-9-5-4-6-10-20)11-14-26(23)30(35-36)15-7-8-16-33-22-12-13-25-24(18-22)28(2,3)34-27(32)29-25/h4-6,9-15,17-18H,7-8,16H2,1-3H3,(H-,29,32,36)/p+1. The predicted octanol–water partition coefficient (Wildman–Crippen LogP) is 6.70. The summed E-state index contributed by atoms with van der Waals surface area (Å²) >= 11 is 4.00. The predicted molar refractivity (Wildman–Crippen MR) is 142 cm³/mol. The van der Waals surface area contributed by atoms with Gasteiger partial charge in [-0.05, 0) is 68.7 Å². The van der Waals surface area contributed by atoms with Crippen LogP contribution in [0.2, 0.25) is 0 Å². The zero-order valence-electron chi connectivity index (χ0n) is 20.5. The third kappa shape index (κ3) is 5.71. The highest BCUT2D eigenvalue weighted by Crippen LogP contribution is 2.37. The van der Waals surface area contributed by atoms with Crippen molar-refractivity contribution in [3.8, 4) is 16.9 Å². The molecule has 1 aliphatic rings. The number of ketones is 1. The van der Waals surface area contributed by atoms with Gasteiger partial charge in [-0.1, -0.05) is 30.3 Å². The molecule has 0 unspecified atom stereocenters. The number of nitrogens with zero attached hydrogens (tertiary/aromatic N) is 1. The van der Waals surface area contributed by atoms with Gasteiger partial charge in [0.2, 0.25) is 6.21 Å². The van der Waals surface area contributed by atoms with E-state index in [9.17, 15) is 9.59 Å². The fourth-order valence-corrected chi connectivity index (χ4v) is 4.28. The Balaban J connectivity index is 1.41. The Bertz CT molecular complexity index is 1300. The third-order valence-electron chi connectivity index (χ3n) is 5.94. The van der Waals surface area contributed by atoms with Crippen molar-refractivity contribution in [2.24, 2.45) is 0 Å². The zero-order valence-corrected chi connectivity index (χ0v) is 21.4. The van der Waals surface area contributed by atoms with Crippen molar-refractivity contribution in [2.75, 3.05) is 11.9 Å². The van der Waals surface area contributed by atoms with Crippen molar-refractivity contribution in [1.29, 1.82) is 0 Å². The van der Waals surface area contributed by atoms with Crippen LogP contribution in [0, 0.1) is 0 Å². The van der Waals surface area contributed by atoms with E-state index in [0.29, 0.717) is 36.4 Å². The number of cyclic esters (lactones) is 1. The number of hydrogen-bond donors (Lipinski definition) is 2. The summed E-state index contributed by atoms with van der Waals surface area (Å²) in [6.07, 6.45) is 2.71. The maximum atomic E-state index is 12.4. The number of amides is 1. The van der Waals surface area contributed by atoms with Crippen LogP contribution in [0.4, 0.5) is 16.2 Å². The van der Waals surface area contributed by atoms with E-state index in [2.05, 4.69) is 18.2 Å². The molecule has 0 fully saturated rings. The SMILES string of the molecule is CC(=O)c1cc(-c2ccccc2)ccc1[N+](=CCCCOc1ccc2c(c1)C(C)(C)OC(=O)N2)OS. The number of benzene rings is 3. The largest absolute Gasteiger partial charge is 0.494 e. The van der Waals surface area contributed by atoms with Gasteiger partial charge in [-0.25, -0.2) is 4.79 Å². The van der Waals surface area contributed by atoms with Crippen LogP contribution < -0.4 is 10.1 Å². The number of rotatable bonds is 9. The normalized spacial score (nSPS) is 14.3. The number of carbonyl (C=O) groups excluding carboxylic acids is 2. The summed E-state index contributed by atoms with van der Waals surface area (Å²) in [7, 11) is 0. The molecule has 0 aliphatic carbocycles. The maximum absolute atomic E-state index is 12.4. The Morgan fingerprint density at radius 3 is 2.58 bits per heavy atom. The van der Waals surface area contributed by atoms with Crippen molar-refractivity contribution in [2.45, 2.75) is 39.2 Å². The Morgan fingerprint density at radius 1 is 1.08 bits per heavy atom. The molecule has 186 valence electrons. The zero-order chi connectivity index (χ0) is 25.7. The number of thiol groups is 1. The number of ether oxygens (including phenoxy) is 2. The van der Waals surface area contributed by atoms with Gasteiger partial charge in [-0.3, -0.25) is 10.1 Å². The van der Waals surface area contributed by atoms with E-state index in [0.717, 1.165) is 22.4 Å². The Morgan fingerprint density at radius 2 is 1.86 bits per heavy atom. The van der Waals surface area contributed by atoms with Crippen molar-refractivity contribution in [3.05, 3.63) is 77.9 Å². The highest BCUT2D eigenvalue weighted by atomic mass is 32.1. The van der Waals surface area contributed by atoms with Crippen LogP contribution in [0.15, 0.2) is 66.7 Å². The van der Waals surface area contributed by atoms with Gasteiger partial charge in [-0.15, -0.1) is 0 Å². The monoisotopic (exact) mass is 505 g/mol. The number of nitrogens with one attached hydrogen (secondary N) is 1. The highest BCUT2D eigenvalue weighted by Gasteiger charge is 2.33. The summed E-state index contributed by atoms with van der Waals surface area (Å²) in [5, 5.41) is 2.71. The summed E-state index contributed by atoms with van der Waals surface area (Å²) in [4.78, 5) is 24.1. The molecular formula is C28H29N2O5S+. The van der Waals surface area contributed by atoms with Crippen LogP contribution in [0.3, 0.4) is 0 Å². The van der Waals surface area contributed by atoms with Crippen LogP contribution in [0.25, 0.3) is 11.1 Å². The number of hydrogen-bond acceptors (Lipinski definition) is 6. The first kappa shape index (κ1) is 25.3. The Labute approximate surface area is 216 Å². The Kier molecular flexibility index (Phi) is 7.64. The summed E-state index contributed by atoms with van der Waals surface area (Å²) in [5.74, 6) is 0.629. The first-order valence-electron chi connectivity index (χ1n) is 11.7. The molecular weight excluding hydrogens is 476 g/mol. The number of carbonyl (C=O) groups is 2. The van der Waals surface area contributed by atoms with Gasteiger partial charge in [-0.2, -0.15) is 4.28 Å². The molecule has 1 heterocycles. The van der Waals surface area contributed by atoms with Gasteiger partial charge in [0, 0.05) is 22.8 Å². The van der Waals surface area contributed by atoms with Crippen LogP contribution in [0.1, 0.15) is 49.5 Å². The molecule has 0 saturated heterocycles. The minimum atomic E-state index is -0.736. The molecule has 0 spiro atoms. The van der Waals surface area contributed by atoms with E-state index < -0.39 is 11.7 Å². The van der Waals surface area contributed by atoms with Crippen molar-refractivity contribution < 1.29 is 28.1 Å². The number of Topliss-reactive ketones (excluding diaryl/α,β-unsaturated/α-hetero) is 1. The minimum absolute atomic E-state index is 0.0644. The average Bonchev–Trinajstić information content (AvgIpc) is 2.86. The van der Waals surface area contributed by atoms with E-state index in [1.165, 1.54) is 11.7 Å². The lowest BCUT2D eigenvalue weighted by Crippen LogP contribution is -2.34. The second-order valence-corrected chi connectivity index (χ2v) is 9.13. The highest BCUT2D eigenvalue weighted by molar-refractivity contribution is 7.74. The minimum Gasteiger partial charge on any atom is -0.494 e. The van der Waals surface area contributed by atoms with E-state index >= 15 is 0 Å². The fraction of sp³-hybridized carbons (Fsp3) is 0.250. The molecule has 1 aliphatic heterocycles. The topological polar surface area (TPSA) is 76.9 Å². The lowest BCUT2D eigenvalue weighted by molar-refractivity contribution is -0.672. The molecule has 3 aromatic rings. The Hall–Kier alpha value is -3.78. The van der Waals surface area contributed by atoms with Crippen LogP contribution in [-0.2, 0) is 14.6 Å². The van der Waals surface area contributed by atoms with Crippen molar-refractivity contribution in [3.63, 3.8) is 0 Å². The molecule has 1 amide bonds. The lowest BCUT2D eigenvalue weighted by atomic mass is 9.94. The van der Waals surface area contributed by atoms with E-state index in [4.69, 9.17) is 13.8 Å². The molecule has 4 rings (SSSR count). The van der Waals surface area contributed by atoms with E-state index in [1.807, 2.05) is 86.8 Å². The van der Waals surface area contributed by atoms with Crippen molar-refractivity contribution >= 4 is 42.4 Å². The fourth-order valence-electron chi connectivity index (χ4n) is 4.12. The third-order valence-corrected chi connectivity index (χ3v) is 6.12. The first-order valence-corrected chi connectivity index (χ1v) is 12.1. The quantitative estimate of drug-likeness (QED) is 0.0643. The summed E-state index contributed by atoms with van der Waals surface area (Å²) in [6, 6.07) is 21.1. The summed E-state index contributed by atoms with van der Waals surface area (Å²) in [6.45, 7) is 5.69. The summed E-state index contributed by atoms with van der Waals surface area (Å²) in [5.41, 5.74) is 4.00. The molecule has 8 heteroatoms. The van der Waals surface area contributed by atoms with Gasteiger partial charge in [0.05, 0.1) is 17.9 Å². The maximum Gasteiger partial charge on any atom is 0.412 e. The van der Waals surface area contributed by atoms with Gasteiger partial charge >= 0.3 is 6.09 Å². The molecule has 36 heavy (non-hydrogen) atoms. The molecule has 1 N–H and O–H groups in total. The smallest absolute Gasteiger partial charge is 0.412 e. The van der Waals surface area contributed by atoms with Crippen LogP contribution in [0.5, 0.6) is 5.75 Å². The molecule has 0 radical (unpaired) electrons. The van der Waals surface area contributed by atoms with Gasteiger partial charge < -0.3 is 9.47 Å². The molecule has 0 bridgehead atoms. The van der Waals surface area contributed by atoms with Crippen LogP contribution in [-0.4, -0.2) is 29.4 Å². The first-order chi connectivity index (χ1) is 17.3. The van der Waals surface area contributed by atoms with Gasteiger partial charge in [0.1, 0.15) is 24.3 Å². The molecule has 7 nitrogen and oxygen atoms in total. The molecule has 0 aromatic heterocycles. The van der Waals surface area contributed by atoms with Gasteiger partial charge in [0.25, 0.3) is 5.69 Å². The van der Waals surface area contributed by atoms with Crippen LogP contribution >= 0.6 is 12.9 Å². The average molecular weight is 506 g/mol. The lowest BCUT2D eigenvalue weighted by Gasteiger charge is -2.32. The summed E-state index contributed by atoms with van der Waals surface area (Å²) < 4.78 is 18.1. The molecule has 0 saturated carbocycles. The second-order valence-electron chi connectivity index (χ2n) is 8.97. The number of anilines is 1. The van der Waals surface area contributed by atoms with Gasteiger partial charge in [0.15, 0.2) is 5.78 Å². The molecule has 3 aromatic carbocycles. The second kappa shape index (κ2) is 10.9. The molecule has 0 atom stereocenters. The van der Waals surface area contributed by atoms with E-state index in [-0.39, 0.29) is 5.78 Å². The van der Waals surface area contributed by atoms with Crippen molar-refractivity contribution in [1.82, 2.24) is 0 Å². The van der Waals surface area contributed by atoms with E-state index in [1.54, 1.807) is 0 Å². The number of fused-ring (bicyclic) bond motifs is 1. The number of unbranched alkanes of at least 4 members (excludes halogenated alkanes) is 1.